The molecule has 0 heterocycles. The maximum Gasteiger partial charge on any atom is 0.307 e. The van der Waals surface area contributed by atoms with Gasteiger partial charge in [-0.15, -0.1) is 0 Å². The highest BCUT2D eigenvalue weighted by Gasteiger charge is 2.38. The average Bonchev–Trinajstić information content (AvgIpc) is 2.90. The summed E-state index contributed by atoms with van der Waals surface area (Å²) in [5, 5.41) is 26.7. The number of carbonyl (C=O) groups is 6. The molecule has 2 rings (SSSR count). The van der Waals surface area contributed by atoms with Gasteiger partial charge in [-0.05, 0) is 43.9 Å². The number of amides is 4. The second-order valence-corrected chi connectivity index (χ2v) is 11.7. The Balaban J connectivity index is 2.23. The van der Waals surface area contributed by atoms with Crippen LogP contribution in [-0.4, -0.2) is 63.9 Å². The molecule has 0 aromatic rings. The molecule has 0 aromatic carbocycles. The van der Waals surface area contributed by atoms with Gasteiger partial charge in [-0.2, -0.15) is 0 Å². The van der Waals surface area contributed by atoms with Crippen molar-refractivity contribution in [2.24, 2.45) is 29.4 Å². The van der Waals surface area contributed by atoms with E-state index in [9.17, 15) is 39.0 Å². The van der Waals surface area contributed by atoms with Gasteiger partial charge in [-0.1, -0.05) is 58.8 Å². The van der Waals surface area contributed by atoms with E-state index in [0.717, 1.165) is 44.9 Å². The predicted octanol–water partition coefficient (Wildman–Crippen LogP) is 1.70. The maximum atomic E-state index is 13.5. The van der Waals surface area contributed by atoms with E-state index in [1.807, 2.05) is 13.8 Å². The van der Waals surface area contributed by atoms with Gasteiger partial charge in [0.05, 0.1) is 11.8 Å². The van der Waals surface area contributed by atoms with Crippen LogP contribution in [-0.2, 0) is 28.8 Å². The van der Waals surface area contributed by atoms with Crippen LogP contribution in [0.3, 0.4) is 0 Å². The Kier molecular flexibility index (Phi) is 13.4. The summed E-state index contributed by atoms with van der Waals surface area (Å²) in [7, 11) is 0. The molecule has 2 aliphatic rings. The van der Waals surface area contributed by atoms with Gasteiger partial charge in [-0.25, -0.2) is 0 Å². The zero-order chi connectivity index (χ0) is 29.8. The van der Waals surface area contributed by atoms with E-state index >= 15 is 0 Å². The third-order valence-electron chi connectivity index (χ3n) is 7.99. The molecule has 0 aliphatic heterocycles. The number of carboxylic acids is 2. The molecule has 12 nitrogen and oxygen atoms in total. The van der Waals surface area contributed by atoms with Crippen LogP contribution in [0, 0.1) is 23.7 Å². The number of nitrogens with one attached hydrogen (secondary N) is 3. The molecule has 2 saturated carbocycles. The van der Waals surface area contributed by atoms with E-state index in [2.05, 4.69) is 16.0 Å². The molecule has 0 radical (unpaired) electrons. The van der Waals surface area contributed by atoms with Crippen molar-refractivity contribution in [2.45, 2.75) is 115 Å². The van der Waals surface area contributed by atoms with Crippen LogP contribution in [0.2, 0.25) is 0 Å². The van der Waals surface area contributed by atoms with Gasteiger partial charge in [0.15, 0.2) is 0 Å². The van der Waals surface area contributed by atoms with Crippen LogP contribution in [0.1, 0.15) is 97.3 Å². The molecule has 40 heavy (non-hydrogen) atoms. The highest BCUT2D eigenvalue weighted by molar-refractivity contribution is 5.95. The van der Waals surface area contributed by atoms with Crippen LogP contribution in [0.4, 0.5) is 0 Å². The maximum absolute atomic E-state index is 13.5. The Hall–Kier alpha value is -3.18. The lowest BCUT2D eigenvalue weighted by atomic mass is 9.78. The molecule has 2 fully saturated rings. The molecule has 0 saturated heterocycles. The third kappa shape index (κ3) is 10.8. The molecular formula is C28H46N4O8. The van der Waals surface area contributed by atoms with Crippen LogP contribution in [0.5, 0.6) is 0 Å². The zero-order valence-electron chi connectivity index (χ0n) is 23.7. The first-order chi connectivity index (χ1) is 18.9. The number of carboxylic acid groups (broad SMARTS) is 2. The highest BCUT2D eigenvalue weighted by atomic mass is 16.4. The van der Waals surface area contributed by atoms with E-state index in [1.54, 1.807) is 0 Å². The molecule has 2 aliphatic carbocycles. The SMILES string of the molecule is CC(C)CC(NC(=O)C(CCC(=O)O)NC(=O)C(CC1CCCCC1)NC(=O)C1CCCCC1C(=O)O)C(N)=O. The molecule has 12 heteroatoms. The molecule has 226 valence electrons. The van der Waals surface area contributed by atoms with Crippen molar-refractivity contribution in [3.63, 3.8) is 0 Å². The Morgan fingerprint density at radius 3 is 1.85 bits per heavy atom. The molecule has 5 atom stereocenters. The summed E-state index contributed by atoms with van der Waals surface area (Å²) < 4.78 is 0. The van der Waals surface area contributed by atoms with Crippen molar-refractivity contribution < 1.29 is 39.0 Å². The predicted molar refractivity (Wildman–Crippen MR) is 146 cm³/mol. The summed E-state index contributed by atoms with van der Waals surface area (Å²) in [6, 6.07) is -3.28. The molecule has 0 bridgehead atoms. The lowest BCUT2D eigenvalue weighted by molar-refractivity contribution is -0.149. The fraction of sp³-hybridized carbons (Fsp3) is 0.786. The summed E-state index contributed by atoms with van der Waals surface area (Å²) in [5.74, 6) is -6.20. The first-order valence-corrected chi connectivity index (χ1v) is 14.5. The summed E-state index contributed by atoms with van der Waals surface area (Å²) in [5.41, 5.74) is 5.44. The van der Waals surface area contributed by atoms with Crippen molar-refractivity contribution in [3.05, 3.63) is 0 Å². The number of hydrogen-bond acceptors (Lipinski definition) is 6. The number of hydrogen-bond donors (Lipinski definition) is 6. The number of aliphatic carboxylic acids is 2. The average molecular weight is 567 g/mol. The lowest BCUT2D eigenvalue weighted by Gasteiger charge is -2.32. The largest absolute Gasteiger partial charge is 0.481 e. The fourth-order valence-corrected chi connectivity index (χ4v) is 5.81. The van der Waals surface area contributed by atoms with Gasteiger partial charge in [-0.3, -0.25) is 28.8 Å². The number of rotatable bonds is 15. The first-order valence-electron chi connectivity index (χ1n) is 14.5. The fourth-order valence-electron chi connectivity index (χ4n) is 5.81. The normalized spacial score (nSPS) is 22.0. The summed E-state index contributed by atoms with van der Waals surface area (Å²) >= 11 is 0. The van der Waals surface area contributed by atoms with Crippen LogP contribution >= 0.6 is 0 Å². The van der Waals surface area contributed by atoms with Crippen LogP contribution in [0.15, 0.2) is 0 Å². The van der Waals surface area contributed by atoms with E-state index < -0.39 is 71.9 Å². The van der Waals surface area contributed by atoms with Crippen LogP contribution in [0.25, 0.3) is 0 Å². The Labute approximate surface area is 235 Å². The summed E-state index contributed by atoms with van der Waals surface area (Å²) in [6.45, 7) is 3.71. The second-order valence-electron chi connectivity index (χ2n) is 11.7. The van der Waals surface area contributed by atoms with Crippen molar-refractivity contribution in [1.29, 1.82) is 0 Å². The first kappa shape index (κ1) is 33.0. The smallest absolute Gasteiger partial charge is 0.307 e. The van der Waals surface area contributed by atoms with Gasteiger partial charge in [0, 0.05) is 6.42 Å². The van der Waals surface area contributed by atoms with Crippen molar-refractivity contribution >= 4 is 35.6 Å². The molecule has 5 unspecified atom stereocenters. The lowest BCUT2D eigenvalue weighted by Crippen LogP contribution is -2.57. The minimum Gasteiger partial charge on any atom is -0.481 e. The zero-order valence-corrected chi connectivity index (χ0v) is 23.7. The molecule has 4 amide bonds. The highest BCUT2D eigenvalue weighted by Crippen LogP contribution is 2.31. The third-order valence-corrected chi connectivity index (χ3v) is 7.99. The van der Waals surface area contributed by atoms with E-state index in [-0.39, 0.29) is 24.7 Å². The Morgan fingerprint density at radius 1 is 0.750 bits per heavy atom. The van der Waals surface area contributed by atoms with Crippen molar-refractivity contribution in [1.82, 2.24) is 16.0 Å². The van der Waals surface area contributed by atoms with Gasteiger partial charge in [0.25, 0.3) is 0 Å². The Bertz CT molecular complexity index is 918. The van der Waals surface area contributed by atoms with Gasteiger partial charge in [0.1, 0.15) is 18.1 Å². The van der Waals surface area contributed by atoms with E-state index in [0.29, 0.717) is 19.3 Å². The standard InChI is InChI=1S/C28H46N4O8/c1-16(2)14-21(24(29)35)31-26(37)20(12-13-23(33)34)30-27(38)22(15-17-8-4-3-5-9-17)32-25(36)18-10-6-7-11-19(18)28(39)40/h16-22H,3-15H2,1-2H3,(H2,29,35)(H,30,38)(H,31,37)(H,32,36)(H,33,34)(H,39,40). The van der Waals surface area contributed by atoms with Crippen LogP contribution < -0.4 is 21.7 Å². The monoisotopic (exact) mass is 566 g/mol. The second kappa shape index (κ2) is 16.2. The molecular weight excluding hydrogens is 520 g/mol. The molecule has 0 spiro atoms. The number of primary amides is 1. The molecule has 7 N–H and O–H groups in total. The summed E-state index contributed by atoms with van der Waals surface area (Å²) in [6.07, 6.45) is 7.08. The van der Waals surface area contributed by atoms with E-state index in [1.165, 1.54) is 0 Å². The summed E-state index contributed by atoms with van der Waals surface area (Å²) in [4.78, 5) is 74.9. The minimum absolute atomic E-state index is 0.0364. The van der Waals surface area contributed by atoms with Gasteiger partial charge in [0.2, 0.25) is 23.6 Å². The number of carbonyl (C=O) groups excluding carboxylic acids is 4. The minimum atomic E-state index is -1.27. The number of nitrogens with two attached hydrogens (primary N) is 1. The van der Waals surface area contributed by atoms with Gasteiger partial charge >= 0.3 is 11.9 Å². The quantitative estimate of drug-likeness (QED) is 0.172. The topological polar surface area (TPSA) is 205 Å². The van der Waals surface area contributed by atoms with E-state index in [4.69, 9.17) is 5.73 Å². The van der Waals surface area contributed by atoms with Crippen molar-refractivity contribution in [2.75, 3.05) is 0 Å². The van der Waals surface area contributed by atoms with Crippen molar-refractivity contribution in [3.8, 4) is 0 Å². The Morgan fingerprint density at radius 2 is 1.30 bits per heavy atom. The molecule has 0 aromatic heterocycles. The van der Waals surface area contributed by atoms with Gasteiger partial charge < -0.3 is 31.9 Å².